The lowest BCUT2D eigenvalue weighted by Gasteiger charge is -2.26. The molecule has 3 aromatic rings. The summed E-state index contributed by atoms with van der Waals surface area (Å²) in [5, 5.41) is 2.25. The highest BCUT2D eigenvalue weighted by molar-refractivity contribution is 9.10. The van der Waals surface area contributed by atoms with Gasteiger partial charge in [-0.1, -0.05) is 36.8 Å². The summed E-state index contributed by atoms with van der Waals surface area (Å²) in [6.07, 6.45) is 2.28. The number of hydrogen-bond donors (Lipinski definition) is 1. The maximum absolute atomic E-state index is 13.3. The predicted molar refractivity (Wildman–Crippen MR) is 152 cm³/mol. The van der Waals surface area contributed by atoms with Crippen molar-refractivity contribution in [1.29, 1.82) is 0 Å². The second kappa shape index (κ2) is 12.6. The summed E-state index contributed by atoms with van der Waals surface area (Å²) in [7, 11) is 0. The Balaban J connectivity index is 1.61. The van der Waals surface area contributed by atoms with Crippen LogP contribution in [-0.2, 0) is 16.2 Å². The van der Waals surface area contributed by atoms with Crippen molar-refractivity contribution in [3.05, 3.63) is 87.4 Å². The minimum Gasteiger partial charge on any atom is -0.494 e. The van der Waals surface area contributed by atoms with Gasteiger partial charge >= 0.3 is 6.03 Å². The van der Waals surface area contributed by atoms with Crippen LogP contribution < -0.4 is 24.4 Å². The Labute approximate surface area is 235 Å². The van der Waals surface area contributed by atoms with Crippen molar-refractivity contribution in [1.82, 2.24) is 5.32 Å². The summed E-state index contributed by atoms with van der Waals surface area (Å²) in [4.78, 5) is 39.5. The lowest BCUT2D eigenvalue weighted by atomic mass is 10.1. The average molecular weight is 593 g/mol. The van der Waals surface area contributed by atoms with Gasteiger partial charge in [-0.3, -0.25) is 14.9 Å². The van der Waals surface area contributed by atoms with Gasteiger partial charge in [-0.05, 0) is 89.8 Å². The van der Waals surface area contributed by atoms with E-state index >= 15 is 0 Å². The molecule has 202 valence electrons. The van der Waals surface area contributed by atoms with Crippen LogP contribution in [-0.4, -0.2) is 31.1 Å². The van der Waals surface area contributed by atoms with Crippen LogP contribution in [0.5, 0.6) is 17.2 Å². The maximum atomic E-state index is 13.3. The van der Waals surface area contributed by atoms with Crippen LogP contribution >= 0.6 is 15.9 Å². The Kier molecular flexibility index (Phi) is 9.03. The molecule has 1 fully saturated rings. The number of carbonyl (C=O) groups excluding carboxylic acids is 3. The second-order valence-electron chi connectivity index (χ2n) is 8.84. The van der Waals surface area contributed by atoms with Gasteiger partial charge in [0.2, 0.25) is 0 Å². The van der Waals surface area contributed by atoms with E-state index in [0.29, 0.717) is 52.8 Å². The molecule has 4 amide bonds. The number of urea groups is 1. The highest BCUT2D eigenvalue weighted by atomic mass is 79.9. The number of barbiturate groups is 1. The van der Waals surface area contributed by atoms with Gasteiger partial charge in [0.15, 0.2) is 11.5 Å². The van der Waals surface area contributed by atoms with Crippen molar-refractivity contribution in [2.75, 3.05) is 18.1 Å². The van der Waals surface area contributed by atoms with Crippen LogP contribution in [0, 0.1) is 6.92 Å². The first-order chi connectivity index (χ1) is 18.8. The van der Waals surface area contributed by atoms with E-state index in [0.717, 1.165) is 22.4 Å². The number of imide groups is 2. The van der Waals surface area contributed by atoms with E-state index in [1.807, 2.05) is 45.0 Å². The summed E-state index contributed by atoms with van der Waals surface area (Å²) in [6.45, 7) is 7.14. The number of hydrogen-bond acceptors (Lipinski definition) is 6. The summed E-state index contributed by atoms with van der Waals surface area (Å²) < 4.78 is 18.0. The van der Waals surface area contributed by atoms with Crippen LogP contribution in [0.1, 0.15) is 37.0 Å². The number of ether oxygens (including phenoxy) is 3. The van der Waals surface area contributed by atoms with Gasteiger partial charge in [-0.25, -0.2) is 9.69 Å². The monoisotopic (exact) mass is 592 g/mol. The van der Waals surface area contributed by atoms with E-state index in [4.69, 9.17) is 14.2 Å². The number of amides is 4. The molecule has 0 atom stereocenters. The van der Waals surface area contributed by atoms with E-state index < -0.39 is 17.8 Å². The van der Waals surface area contributed by atoms with Crippen molar-refractivity contribution in [2.45, 2.75) is 33.8 Å². The third kappa shape index (κ3) is 6.67. The van der Waals surface area contributed by atoms with Crippen LogP contribution in [0.3, 0.4) is 0 Å². The van der Waals surface area contributed by atoms with Gasteiger partial charge in [0.25, 0.3) is 11.8 Å². The first kappa shape index (κ1) is 27.9. The zero-order valence-electron chi connectivity index (χ0n) is 22.0. The van der Waals surface area contributed by atoms with Crippen molar-refractivity contribution in [3.63, 3.8) is 0 Å². The van der Waals surface area contributed by atoms with Crippen LogP contribution in [0.2, 0.25) is 0 Å². The summed E-state index contributed by atoms with van der Waals surface area (Å²) in [5.74, 6) is 0.0549. The van der Waals surface area contributed by atoms with E-state index in [1.165, 1.54) is 6.08 Å². The van der Waals surface area contributed by atoms with E-state index in [9.17, 15) is 14.4 Å². The summed E-state index contributed by atoms with van der Waals surface area (Å²) in [5.41, 5.74) is 2.80. The first-order valence-corrected chi connectivity index (χ1v) is 13.4. The molecule has 1 aliphatic rings. The lowest BCUT2D eigenvalue weighted by Crippen LogP contribution is -2.54. The van der Waals surface area contributed by atoms with Crippen LogP contribution in [0.25, 0.3) is 6.08 Å². The minimum absolute atomic E-state index is 0.191. The van der Waals surface area contributed by atoms with Gasteiger partial charge in [0, 0.05) is 0 Å². The van der Waals surface area contributed by atoms with E-state index in [2.05, 4.69) is 21.2 Å². The number of carbonyl (C=O) groups is 3. The fourth-order valence-electron chi connectivity index (χ4n) is 3.88. The highest BCUT2D eigenvalue weighted by Crippen LogP contribution is 2.38. The third-order valence-corrected chi connectivity index (χ3v) is 6.40. The van der Waals surface area contributed by atoms with Gasteiger partial charge in [0.1, 0.15) is 17.9 Å². The molecular formula is C30H29BrN2O6. The van der Waals surface area contributed by atoms with Crippen LogP contribution in [0.4, 0.5) is 10.5 Å². The minimum atomic E-state index is -0.819. The molecule has 0 saturated carbocycles. The highest BCUT2D eigenvalue weighted by Gasteiger charge is 2.37. The molecule has 8 nitrogen and oxygen atoms in total. The van der Waals surface area contributed by atoms with Gasteiger partial charge in [-0.2, -0.15) is 0 Å². The van der Waals surface area contributed by atoms with Crippen molar-refractivity contribution in [3.8, 4) is 17.2 Å². The largest absolute Gasteiger partial charge is 0.494 e. The molecule has 0 spiro atoms. The summed E-state index contributed by atoms with van der Waals surface area (Å²) in [6, 6.07) is 17.2. The zero-order valence-corrected chi connectivity index (χ0v) is 23.5. The topological polar surface area (TPSA) is 94.2 Å². The quantitative estimate of drug-likeness (QED) is 0.223. The number of halogens is 1. The number of nitrogens with one attached hydrogen (secondary N) is 1. The number of aryl methyl sites for hydroxylation is 1. The Hall–Kier alpha value is -4.11. The van der Waals surface area contributed by atoms with Crippen LogP contribution in [0.15, 0.2) is 70.7 Å². The standard InChI is InChI=1S/C30H29BrN2O6/c1-4-14-38-23-12-10-22(11-13-23)33-29(35)24(28(34)32-30(33)36)15-21-16-25(31)27(26(17-21)37-5-2)39-18-20-8-6-19(3)7-9-20/h6-13,15-17H,4-5,14,18H2,1-3H3,(H,32,34,36)/b24-15-. The maximum Gasteiger partial charge on any atom is 0.335 e. The van der Waals surface area contributed by atoms with Crippen molar-refractivity contribution < 1.29 is 28.6 Å². The molecule has 39 heavy (non-hydrogen) atoms. The molecular weight excluding hydrogens is 564 g/mol. The fourth-order valence-corrected chi connectivity index (χ4v) is 4.46. The molecule has 1 N–H and O–H groups in total. The van der Waals surface area contributed by atoms with E-state index in [1.54, 1.807) is 36.4 Å². The number of anilines is 1. The van der Waals surface area contributed by atoms with Gasteiger partial charge in [-0.15, -0.1) is 0 Å². The Morgan fingerprint density at radius 2 is 1.64 bits per heavy atom. The normalized spacial score (nSPS) is 14.4. The molecule has 0 aromatic heterocycles. The Bertz CT molecular complexity index is 1400. The SMILES string of the molecule is CCCOc1ccc(N2C(=O)NC(=O)/C(=C/c3cc(Br)c(OCc4ccc(C)cc4)c(OCC)c3)C2=O)cc1. The average Bonchev–Trinajstić information content (AvgIpc) is 2.91. The van der Waals surface area contributed by atoms with Crippen molar-refractivity contribution in [2.24, 2.45) is 0 Å². The number of nitrogens with zero attached hydrogens (tertiary/aromatic N) is 1. The molecule has 0 unspecified atom stereocenters. The Morgan fingerprint density at radius 3 is 2.31 bits per heavy atom. The smallest absolute Gasteiger partial charge is 0.335 e. The molecule has 4 rings (SSSR count). The zero-order chi connectivity index (χ0) is 27.9. The van der Waals surface area contributed by atoms with Gasteiger partial charge in [0.05, 0.1) is 23.4 Å². The second-order valence-corrected chi connectivity index (χ2v) is 9.69. The molecule has 0 radical (unpaired) electrons. The van der Waals surface area contributed by atoms with Crippen molar-refractivity contribution >= 4 is 45.5 Å². The molecule has 0 aliphatic carbocycles. The van der Waals surface area contributed by atoms with E-state index in [-0.39, 0.29) is 5.57 Å². The Morgan fingerprint density at radius 1 is 0.923 bits per heavy atom. The molecule has 3 aromatic carbocycles. The first-order valence-electron chi connectivity index (χ1n) is 12.6. The predicted octanol–water partition coefficient (Wildman–Crippen LogP) is 6.19. The number of rotatable bonds is 10. The van der Waals surface area contributed by atoms with Gasteiger partial charge < -0.3 is 14.2 Å². The molecule has 0 bridgehead atoms. The number of benzene rings is 3. The summed E-state index contributed by atoms with van der Waals surface area (Å²) >= 11 is 3.53. The molecule has 1 aliphatic heterocycles. The fraction of sp³-hybridized carbons (Fsp3) is 0.233. The molecule has 1 heterocycles. The molecule has 9 heteroatoms. The lowest BCUT2D eigenvalue weighted by molar-refractivity contribution is -0.122. The third-order valence-electron chi connectivity index (χ3n) is 5.82. The molecule has 1 saturated heterocycles.